The largest absolute Gasteiger partial charge is 0.367 e. The zero-order valence-corrected chi connectivity index (χ0v) is 16.1. The molecule has 0 atom stereocenters. The summed E-state index contributed by atoms with van der Waals surface area (Å²) < 4.78 is 39.0. The van der Waals surface area contributed by atoms with E-state index in [1.807, 2.05) is 18.2 Å². The van der Waals surface area contributed by atoms with Crippen LogP contribution in [0.4, 0.5) is 10.1 Å². The molecule has 4 rings (SSSR count). The van der Waals surface area contributed by atoms with Gasteiger partial charge in [0.15, 0.2) is 0 Å². The molecule has 5 nitrogen and oxygen atoms in total. The second kappa shape index (κ2) is 7.80. The number of hydrogen-bond acceptors (Lipinski definition) is 5. The van der Waals surface area contributed by atoms with E-state index in [4.69, 9.17) is 0 Å². The Labute approximate surface area is 163 Å². The van der Waals surface area contributed by atoms with Gasteiger partial charge < -0.3 is 10.2 Å². The van der Waals surface area contributed by atoms with Crippen LogP contribution in [0.15, 0.2) is 64.5 Å². The molecule has 2 aromatic carbocycles. The van der Waals surface area contributed by atoms with Crippen LogP contribution < -0.4 is 10.2 Å². The minimum atomic E-state index is -3.82. The second-order valence-corrected chi connectivity index (χ2v) is 8.17. The molecule has 0 radical (unpaired) electrons. The monoisotopic (exact) mass is 407 g/mol. The maximum Gasteiger partial charge on any atom is 0.208 e. The molecule has 1 fully saturated rings. The first-order valence-electron chi connectivity index (χ1n) is 8.41. The van der Waals surface area contributed by atoms with Crippen LogP contribution in [-0.4, -0.2) is 39.6 Å². The molecule has 0 unspecified atom stereocenters. The van der Waals surface area contributed by atoms with Crippen molar-refractivity contribution < 1.29 is 12.8 Å². The van der Waals surface area contributed by atoms with Gasteiger partial charge in [0.25, 0.3) is 0 Å². The Morgan fingerprint density at radius 1 is 1.00 bits per heavy atom. The highest BCUT2D eigenvalue weighted by atomic mass is 35.5. The number of sulfone groups is 1. The number of anilines is 1. The molecule has 1 aromatic heterocycles. The summed E-state index contributed by atoms with van der Waals surface area (Å²) >= 11 is 0. The highest BCUT2D eigenvalue weighted by Crippen LogP contribution is 2.29. The van der Waals surface area contributed by atoms with Crippen LogP contribution >= 0.6 is 12.4 Å². The minimum absolute atomic E-state index is 0. The molecule has 3 aromatic rings. The molecule has 0 aliphatic carbocycles. The van der Waals surface area contributed by atoms with Crippen molar-refractivity contribution in [2.75, 3.05) is 31.1 Å². The second-order valence-electron chi connectivity index (χ2n) is 6.22. The lowest BCUT2D eigenvalue weighted by atomic mass is 10.1. The maximum absolute atomic E-state index is 13.4. The Morgan fingerprint density at radius 3 is 2.48 bits per heavy atom. The lowest BCUT2D eigenvalue weighted by molar-refractivity contribution is 0.589. The van der Waals surface area contributed by atoms with E-state index in [-0.39, 0.29) is 22.2 Å². The summed E-state index contributed by atoms with van der Waals surface area (Å²) in [5.41, 5.74) is 1.77. The smallest absolute Gasteiger partial charge is 0.208 e. The number of piperazine rings is 1. The van der Waals surface area contributed by atoms with E-state index in [1.54, 1.807) is 6.07 Å². The van der Waals surface area contributed by atoms with Gasteiger partial charge in [0.1, 0.15) is 5.82 Å². The van der Waals surface area contributed by atoms with Gasteiger partial charge in [-0.1, -0.05) is 18.2 Å². The topological polar surface area (TPSA) is 62.3 Å². The van der Waals surface area contributed by atoms with E-state index in [2.05, 4.69) is 15.2 Å². The van der Waals surface area contributed by atoms with Gasteiger partial charge in [-0.25, -0.2) is 12.8 Å². The summed E-state index contributed by atoms with van der Waals surface area (Å²) in [5.74, 6) is -0.583. The van der Waals surface area contributed by atoms with Crippen LogP contribution in [0.25, 0.3) is 10.9 Å². The van der Waals surface area contributed by atoms with Crippen molar-refractivity contribution in [3.63, 3.8) is 0 Å². The van der Waals surface area contributed by atoms with Crippen molar-refractivity contribution in [1.82, 2.24) is 10.3 Å². The molecule has 0 spiro atoms. The van der Waals surface area contributed by atoms with E-state index in [0.29, 0.717) is 0 Å². The predicted octanol–water partition coefficient (Wildman–Crippen LogP) is 3.04. The highest BCUT2D eigenvalue weighted by Gasteiger charge is 2.20. The Morgan fingerprint density at radius 2 is 1.74 bits per heavy atom. The third kappa shape index (κ3) is 3.76. The van der Waals surface area contributed by atoms with E-state index >= 15 is 0 Å². The molecule has 0 bridgehead atoms. The zero-order valence-electron chi connectivity index (χ0n) is 14.4. The number of nitrogens with zero attached hydrogens (tertiary/aromatic N) is 2. The fourth-order valence-corrected chi connectivity index (χ4v) is 4.47. The van der Waals surface area contributed by atoms with Crippen LogP contribution in [0.5, 0.6) is 0 Å². The lowest BCUT2D eigenvalue weighted by Gasteiger charge is -2.30. The summed E-state index contributed by atoms with van der Waals surface area (Å²) in [5, 5.41) is 4.06. The van der Waals surface area contributed by atoms with Crippen molar-refractivity contribution in [1.29, 1.82) is 0 Å². The molecule has 1 N–H and O–H groups in total. The van der Waals surface area contributed by atoms with Crippen LogP contribution in [0.3, 0.4) is 0 Å². The fraction of sp³-hybridized carbons (Fsp3) is 0.211. The number of rotatable bonds is 3. The van der Waals surface area contributed by atoms with Crippen LogP contribution in [0.2, 0.25) is 0 Å². The van der Waals surface area contributed by atoms with Gasteiger partial charge in [0, 0.05) is 37.8 Å². The number of nitrogens with one attached hydrogen (secondary N) is 1. The van der Waals surface area contributed by atoms with Crippen molar-refractivity contribution in [3.05, 3.63) is 60.5 Å². The average Bonchev–Trinajstić information content (AvgIpc) is 2.67. The molecule has 2 heterocycles. The van der Waals surface area contributed by atoms with E-state index < -0.39 is 15.7 Å². The summed E-state index contributed by atoms with van der Waals surface area (Å²) in [6, 6.07) is 12.4. The lowest BCUT2D eigenvalue weighted by Crippen LogP contribution is -2.43. The maximum atomic E-state index is 13.4. The van der Waals surface area contributed by atoms with Crippen LogP contribution in [0, 0.1) is 5.82 Å². The summed E-state index contributed by atoms with van der Waals surface area (Å²) in [4.78, 5) is 6.67. The molecular weight excluding hydrogens is 389 g/mol. The first-order chi connectivity index (χ1) is 12.6. The number of benzene rings is 2. The first-order valence-corrected chi connectivity index (χ1v) is 9.89. The zero-order chi connectivity index (χ0) is 18.1. The standard InChI is InChI=1S/C19H18FN3O2S.ClH/c20-15-4-2-5-16(12-15)26(24,25)17-11-14-3-1-6-18(19(14)22-13-17)23-9-7-21-8-10-23;/h1-6,11-13,21H,7-10H2;1H. The van der Waals surface area contributed by atoms with Crippen molar-refractivity contribution in [2.45, 2.75) is 9.79 Å². The summed E-state index contributed by atoms with van der Waals surface area (Å²) in [6.45, 7) is 3.57. The Hall–Kier alpha value is -2.22. The van der Waals surface area contributed by atoms with Crippen molar-refractivity contribution >= 4 is 38.8 Å². The molecule has 142 valence electrons. The summed E-state index contributed by atoms with van der Waals surface area (Å²) in [6.07, 6.45) is 1.36. The molecule has 0 amide bonds. The number of para-hydroxylation sites is 1. The predicted molar refractivity (Wildman–Crippen MR) is 106 cm³/mol. The summed E-state index contributed by atoms with van der Waals surface area (Å²) in [7, 11) is -3.82. The SMILES string of the molecule is Cl.O=S(=O)(c1cccc(F)c1)c1cnc2c(N3CCNCC3)cccc2c1. The van der Waals surface area contributed by atoms with Crippen LogP contribution in [-0.2, 0) is 9.84 Å². The number of pyridine rings is 1. The normalized spacial score (nSPS) is 14.8. The van der Waals surface area contributed by atoms with Gasteiger partial charge in [-0.3, -0.25) is 4.98 Å². The number of hydrogen-bond donors (Lipinski definition) is 1. The molecule has 1 aliphatic heterocycles. The van der Waals surface area contributed by atoms with E-state index in [1.165, 1.54) is 24.4 Å². The minimum Gasteiger partial charge on any atom is -0.367 e. The quantitative estimate of drug-likeness (QED) is 0.723. The molecule has 0 saturated carbocycles. The van der Waals surface area contributed by atoms with E-state index in [0.717, 1.165) is 48.8 Å². The molecule has 1 aliphatic rings. The molecule has 8 heteroatoms. The van der Waals surface area contributed by atoms with Gasteiger partial charge in [-0.15, -0.1) is 12.4 Å². The number of aromatic nitrogens is 1. The van der Waals surface area contributed by atoms with Gasteiger partial charge >= 0.3 is 0 Å². The number of halogens is 2. The fourth-order valence-electron chi connectivity index (χ4n) is 3.20. The van der Waals surface area contributed by atoms with Gasteiger partial charge in [0.2, 0.25) is 9.84 Å². The first kappa shape index (κ1) is 19.5. The Balaban J connectivity index is 0.00000210. The Kier molecular flexibility index (Phi) is 5.64. The van der Waals surface area contributed by atoms with Gasteiger partial charge in [-0.2, -0.15) is 0 Å². The van der Waals surface area contributed by atoms with Crippen LogP contribution in [0.1, 0.15) is 0 Å². The van der Waals surface area contributed by atoms with Crippen molar-refractivity contribution in [2.24, 2.45) is 0 Å². The van der Waals surface area contributed by atoms with Crippen molar-refractivity contribution in [3.8, 4) is 0 Å². The molecule has 27 heavy (non-hydrogen) atoms. The van der Waals surface area contributed by atoms with Gasteiger partial charge in [-0.05, 0) is 30.3 Å². The third-order valence-electron chi connectivity index (χ3n) is 4.54. The van der Waals surface area contributed by atoms with E-state index in [9.17, 15) is 12.8 Å². The molecular formula is C19H19ClFN3O2S. The highest BCUT2D eigenvalue weighted by molar-refractivity contribution is 7.91. The Bertz CT molecular complexity index is 1070. The third-order valence-corrected chi connectivity index (χ3v) is 6.26. The van der Waals surface area contributed by atoms with Gasteiger partial charge in [0.05, 0.1) is 21.0 Å². The average molecular weight is 408 g/mol. The molecule has 1 saturated heterocycles. The number of fused-ring (bicyclic) bond motifs is 1.